The third-order valence-electron chi connectivity index (χ3n) is 1.99. The number of thioether (sulfide) groups is 1. The van der Waals surface area contributed by atoms with Gasteiger partial charge in [0, 0.05) is 18.5 Å². The Bertz CT molecular complexity index is 98.9. The van der Waals surface area contributed by atoms with Crippen molar-refractivity contribution >= 4 is 11.8 Å². The van der Waals surface area contributed by atoms with Crippen LogP contribution in [0.25, 0.3) is 0 Å². The van der Waals surface area contributed by atoms with E-state index in [2.05, 4.69) is 6.92 Å². The SMILES string of the molecule is CC(CCO)SCCCCCCO. The third kappa shape index (κ3) is 10.2. The molecule has 0 aromatic rings. The fourth-order valence-corrected chi connectivity index (χ4v) is 2.16. The highest BCUT2D eigenvalue weighted by atomic mass is 32.2. The van der Waals surface area contributed by atoms with Crippen LogP contribution in [0, 0.1) is 0 Å². The van der Waals surface area contributed by atoms with Gasteiger partial charge in [-0.3, -0.25) is 0 Å². The Morgan fingerprint density at radius 1 is 1.00 bits per heavy atom. The Hall–Kier alpha value is 0.270. The van der Waals surface area contributed by atoms with E-state index in [0.29, 0.717) is 18.5 Å². The molecule has 0 saturated carbocycles. The zero-order valence-corrected chi connectivity index (χ0v) is 9.35. The smallest absolute Gasteiger partial charge is 0.0441 e. The molecule has 0 bridgehead atoms. The summed E-state index contributed by atoms with van der Waals surface area (Å²) >= 11 is 1.94. The summed E-state index contributed by atoms with van der Waals surface area (Å²) in [6.45, 7) is 2.79. The van der Waals surface area contributed by atoms with Gasteiger partial charge in [-0.1, -0.05) is 19.8 Å². The van der Waals surface area contributed by atoms with E-state index in [1.165, 1.54) is 18.6 Å². The average Bonchev–Trinajstić information content (AvgIpc) is 2.11. The van der Waals surface area contributed by atoms with Gasteiger partial charge in [0.15, 0.2) is 0 Å². The first-order valence-corrected chi connectivity index (χ1v) is 6.19. The van der Waals surface area contributed by atoms with Crippen LogP contribution in [0.2, 0.25) is 0 Å². The van der Waals surface area contributed by atoms with Gasteiger partial charge in [-0.2, -0.15) is 11.8 Å². The zero-order valence-electron chi connectivity index (χ0n) is 8.54. The summed E-state index contributed by atoms with van der Waals surface area (Å²) in [6.07, 6.45) is 5.45. The van der Waals surface area contributed by atoms with Crippen molar-refractivity contribution in [3.63, 3.8) is 0 Å². The lowest BCUT2D eigenvalue weighted by atomic mass is 10.2. The van der Waals surface area contributed by atoms with E-state index >= 15 is 0 Å². The Balaban J connectivity index is 2.97. The van der Waals surface area contributed by atoms with Crippen LogP contribution in [0.4, 0.5) is 0 Å². The van der Waals surface area contributed by atoms with Crippen molar-refractivity contribution in [2.45, 2.75) is 44.3 Å². The minimum Gasteiger partial charge on any atom is -0.396 e. The molecule has 0 fully saturated rings. The van der Waals surface area contributed by atoms with Crippen molar-refractivity contribution in [3.8, 4) is 0 Å². The molecule has 0 spiro atoms. The summed E-state index contributed by atoms with van der Waals surface area (Å²) in [6, 6.07) is 0. The fourth-order valence-electron chi connectivity index (χ4n) is 1.12. The van der Waals surface area contributed by atoms with Gasteiger partial charge in [-0.05, 0) is 25.0 Å². The summed E-state index contributed by atoms with van der Waals surface area (Å²) in [4.78, 5) is 0. The first-order chi connectivity index (χ1) is 6.31. The summed E-state index contributed by atoms with van der Waals surface area (Å²) in [5.74, 6) is 1.19. The number of unbranched alkanes of at least 4 members (excludes halogenated alkanes) is 3. The number of rotatable bonds is 9. The van der Waals surface area contributed by atoms with Crippen LogP contribution in [0.3, 0.4) is 0 Å². The standard InChI is InChI=1S/C10H22O2S/c1-10(6-8-12)13-9-5-3-2-4-7-11/h10-12H,2-9H2,1H3. The first kappa shape index (κ1) is 13.3. The van der Waals surface area contributed by atoms with Gasteiger partial charge in [0.2, 0.25) is 0 Å². The second-order valence-electron chi connectivity index (χ2n) is 3.33. The van der Waals surface area contributed by atoms with Crippen molar-refractivity contribution in [1.82, 2.24) is 0 Å². The Labute approximate surface area is 85.7 Å². The predicted octanol–water partition coefficient (Wildman–Crippen LogP) is 2.04. The lowest BCUT2D eigenvalue weighted by molar-refractivity contribution is 0.283. The molecule has 1 atom stereocenters. The molecule has 0 radical (unpaired) electrons. The molecule has 3 heteroatoms. The number of aliphatic hydroxyl groups is 2. The van der Waals surface area contributed by atoms with Crippen LogP contribution in [-0.2, 0) is 0 Å². The van der Waals surface area contributed by atoms with Crippen LogP contribution in [0.5, 0.6) is 0 Å². The molecular weight excluding hydrogens is 184 g/mol. The van der Waals surface area contributed by atoms with Gasteiger partial charge in [-0.15, -0.1) is 0 Å². The molecule has 0 saturated heterocycles. The molecule has 0 rings (SSSR count). The highest BCUT2D eigenvalue weighted by molar-refractivity contribution is 7.99. The molecule has 0 aliphatic carbocycles. The Kier molecular flexibility index (Phi) is 10.6. The van der Waals surface area contributed by atoms with E-state index in [4.69, 9.17) is 10.2 Å². The molecule has 2 N–H and O–H groups in total. The second-order valence-corrected chi connectivity index (χ2v) is 4.88. The van der Waals surface area contributed by atoms with Crippen molar-refractivity contribution in [1.29, 1.82) is 0 Å². The Morgan fingerprint density at radius 3 is 2.31 bits per heavy atom. The van der Waals surface area contributed by atoms with Crippen LogP contribution < -0.4 is 0 Å². The van der Waals surface area contributed by atoms with E-state index in [1.54, 1.807) is 0 Å². The first-order valence-electron chi connectivity index (χ1n) is 5.14. The molecule has 0 aliphatic heterocycles. The maximum Gasteiger partial charge on any atom is 0.0441 e. The Morgan fingerprint density at radius 2 is 1.69 bits per heavy atom. The van der Waals surface area contributed by atoms with Crippen LogP contribution in [0.1, 0.15) is 39.0 Å². The summed E-state index contributed by atoms with van der Waals surface area (Å²) in [7, 11) is 0. The van der Waals surface area contributed by atoms with Gasteiger partial charge < -0.3 is 10.2 Å². The maximum absolute atomic E-state index is 8.67. The van der Waals surface area contributed by atoms with Crippen LogP contribution in [-0.4, -0.2) is 34.4 Å². The van der Waals surface area contributed by atoms with E-state index in [0.717, 1.165) is 19.3 Å². The number of aliphatic hydroxyl groups excluding tert-OH is 2. The van der Waals surface area contributed by atoms with E-state index in [1.807, 2.05) is 11.8 Å². The normalized spacial score (nSPS) is 13.2. The fraction of sp³-hybridized carbons (Fsp3) is 1.00. The number of hydrogen-bond donors (Lipinski definition) is 2. The summed E-state index contributed by atoms with van der Waals surface area (Å²) in [5.41, 5.74) is 0. The molecule has 0 heterocycles. The number of hydrogen-bond acceptors (Lipinski definition) is 3. The quantitative estimate of drug-likeness (QED) is 0.567. The molecule has 0 aliphatic rings. The lowest BCUT2D eigenvalue weighted by Crippen LogP contribution is -2.00. The summed E-state index contributed by atoms with van der Waals surface area (Å²) < 4.78 is 0. The highest BCUT2D eigenvalue weighted by Crippen LogP contribution is 2.16. The zero-order chi connectivity index (χ0) is 9.94. The monoisotopic (exact) mass is 206 g/mol. The lowest BCUT2D eigenvalue weighted by Gasteiger charge is -2.08. The maximum atomic E-state index is 8.67. The van der Waals surface area contributed by atoms with Gasteiger partial charge in [0.1, 0.15) is 0 Å². The molecule has 0 aromatic heterocycles. The van der Waals surface area contributed by atoms with E-state index in [-0.39, 0.29) is 0 Å². The van der Waals surface area contributed by atoms with Crippen molar-refractivity contribution < 1.29 is 10.2 Å². The van der Waals surface area contributed by atoms with Gasteiger partial charge >= 0.3 is 0 Å². The van der Waals surface area contributed by atoms with Crippen molar-refractivity contribution in [2.24, 2.45) is 0 Å². The average molecular weight is 206 g/mol. The second kappa shape index (κ2) is 10.4. The van der Waals surface area contributed by atoms with Crippen LogP contribution >= 0.6 is 11.8 Å². The molecular formula is C10H22O2S. The van der Waals surface area contributed by atoms with E-state index < -0.39 is 0 Å². The molecule has 1 unspecified atom stereocenters. The molecule has 2 nitrogen and oxygen atoms in total. The molecule has 13 heavy (non-hydrogen) atoms. The third-order valence-corrected chi connectivity index (χ3v) is 3.32. The van der Waals surface area contributed by atoms with Crippen molar-refractivity contribution in [2.75, 3.05) is 19.0 Å². The van der Waals surface area contributed by atoms with Gasteiger partial charge in [0.05, 0.1) is 0 Å². The van der Waals surface area contributed by atoms with E-state index in [9.17, 15) is 0 Å². The minimum absolute atomic E-state index is 0.304. The highest BCUT2D eigenvalue weighted by Gasteiger charge is 2.00. The van der Waals surface area contributed by atoms with Gasteiger partial charge in [0.25, 0.3) is 0 Å². The minimum atomic E-state index is 0.304. The van der Waals surface area contributed by atoms with Crippen molar-refractivity contribution in [3.05, 3.63) is 0 Å². The molecule has 80 valence electrons. The topological polar surface area (TPSA) is 40.5 Å². The molecule has 0 amide bonds. The largest absolute Gasteiger partial charge is 0.396 e. The van der Waals surface area contributed by atoms with Crippen LogP contribution in [0.15, 0.2) is 0 Å². The summed E-state index contributed by atoms with van der Waals surface area (Å²) in [5, 5.41) is 17.8. The molecule has 0 aromatic carbocycles. The predicted molar refractivity (Wildman–Crippen MR) is 59.2 cm³/mol. The van der Waals surface area contributed by atoms with Gasteiger partial charge in [-0.25, -0.2) is 0 Å².